The second-order valence-electron chi connectivity index (χ2n) is 4.94. The predicted molar refractivity (Wildman–Crippen MR) is 89.9 cm³/mol. The lowest BCUT2D eigenvalue weighted by molar-refractivity contribution is -0.139. The third kappa shape index (κ3) is 6.21. The number of ether oxygens (including phenoxy) is 2. The molecule has 2 rings (SSSR count). The minimum absolute atomic E-state index is 0.198. The van der Waals surface area contributed by atoms with Crippen LogP contribution in [0.25, 0.3) is 0 Å². The van der Waals surface area contributed by atoms with Crippen LogP contribution in [0, 0.1) is 0 Å². The zero-order chi connectivity index (χ0) is 16.5. The fourth-order valence-electron chi connectivity index (χ4n) is 2.07. The number of aliphatic carboxylic acids is 1. The van der Waals surface area contributed by atoms with Gasteiger partial charge in [0.2, 0.25) is 0 Å². The van der Waals surface area contributed by atoms with E-state index in [1.807, 2.05) is 6.07 Å². The number of carboxylic acid groups (broad SMARTS) is 1. The van der Waals surface area contributed by atoms with Gasteiger partial charge < -0.3 is 19.9 Å². The van der Waals surface area contributed by atoms with Crippen molar-refractivity contribution in [1.82, 2.24) is 10.7 Å². The number of hydrogen-bond acceptors (Lipinski definition) is 5. The summed E-state index contributed by atoms with van der Waals surface area (Å²) in [7, 11) is 0. The minimum atomic E-state index is -1.03. The molecule has 1 aromatic carbocycles. The van der Waals surface area contributed by atoms with Gasteiger partial charge in [-0.3, -0.25) is 5.43 Å². The number of hydrazone groups is 1. The average molecular weight is 337 g/mol. The molecule has 0 spiro atoms. The lowest BCUT2D eigenvalue weighted by Crippen LogP contribution is -2.37. The van der Waals surface area contributed by atoms with Gasteiger partial charge in [0, 0.05) is 18.7 Å². The van der Waals surface area contributed by atoms with Gasteiger partial charge in [-0.1, -0.05) is 12.1 Å². The summed E-state index contributed by atoms with van der Waals surface area (Å²) in [6.45, 7) is 1.05. The highest BCUT2D eigenvalue weighted by atomic mass is 32.1. The van der Waals surface area contributed by atoms with Crippen LogP contribution in [0.2, 0.25) is 0 Å². The third-order valence-electron chi connectivity index (χ3n) is 3.15. The molecule has 0 aliphatic carbocycles. The molecule has 0 bridgehead atoms. The van der Waals surface area contributed by atoms with Gasteiger partial charge in [0.1, 0.15) is 5.75 Å². The number of carboxylic acids is 1. The second-order valence-corrected chi connectivity index (χ2v) is 5.34. The molecule has 124 valence electrons. The molecule has 1 fully saturated rings. The Kier molecular flexibility index (Phi) is 6.76. The monoisotopic (exact) mass is 337 g/mol. The van der Waals surface area contributed by atoms with Crippen LogP contribution in [0.3, 0.4) is 0 Å². The van der Waals surface area contributed by atoms with E-state index in [0.717, 1.165) is 19.4 Å². The van der Waals surface area contributed by atoms with Gasteiger partial charge in [-0.2, -0.15) is 5.10 Å². The molecule has 1 heterocycles. The Morgan fingerprint density at radius 1 is 1.52 bits per heavy atom. The summed E-state index contributed by atoms with van der Waals surface area (Å²) in [5, 5.41) is 16.1. The Bertz CT molecular complexity index is 574. The highest BCUT2D eigenvalue weighted by Crippen LogP contribution is 2.15. The number of hydrogen-bond donors (Lipinski definition) is 3. The van der Waals surface area contributed by atoms with E-state index >= 15 is 0 Å². The van der Waals surface area contributed by atoms with Crippen LogP contribution >= 0.6 is 12.2 Å². The van der Waals surface area contributed by atoms with E-state index in [2.05, 4.69) is 15.8 Å². The summed E-state index contributed by atoms with van der Waals surface area (Å²) >= 11 is 5.12. The molecule has 0 saturated carbocycles. The van der Waals surface area contributed by atoms with Crippen molar-refractivity contribution in [2.24, 2.45) is 5.10 Å². The molecule has 1 aliphatic heterocycles. The van der Waals surface area contributed by atoms with E-state index in [4.69, 9.17) is 26.8 Å². The maximum Gasteiger partial charge on any atom is 0.341 e. The van der Waals surface area contributed by atoms with E-state index in [1.165, 1.54) is 6.21 Å². The lowest BCUT2D eigenvalue weighted by Gasteiger charge is -2.11. The Hall–Kier alpha value is -2.19. The van der Waals surface area contributed by atoms with Crippen molar-refractivity contribution in [3.63, 3.8) is 0 Å². The average Bonchev–Trinajstić information content (AvgIpc) is 3.05. The highest BCUT2D eigenvalue weighted by Gasteiger charge is 2.15. The van der Waals surface area contributed by atoms with Crippen LogP contribution in [-0.2, 0) is 9.53 Å². The van der Waals surface area contributed by atoms with Gasteiger partial charge >= 0.3 is 5.97 Å². The standard InChI is InChI=1S/C15H19N3O4S/c19-14(20)10-22-13-6-2-1-4-11(13)8-17-18-15(23)16-9-12-5-3-7-21-12/h1-2,4,6,8,12H,3,5,7,9-10H2,(H,19,20)(H2,16,18,23)/b17-8-/t12-/m0/s1. The van der Waals surface area contributed by atoms with Crippen molar-refractivity contribution < 1.29 is 19.4 Å². The zero-order valence-electron chi connectivity index (χ0n) is 12.5. The fraction of sp³-hybridized carbons (Fsp3) is 0.400. The van der Waals surface area contributed by atoms with E-state index in [1.54, 1.807) is 18.2 Å². The molecule has 23 heavy (non-hydrogen) atoms. The van der Waals surface area contributed by atoms with Crippen LogP contribution in [0.15, 0.2) is 29.4 Å². The summed E-state index contributed by atoms with van der Waals surface area (Å²) in [5.41, 5.74) is 3.37. The molecule has 3 N–H and O–H groups in total. The van der Waals surface area contributed by atoms with Crippen LogP contribution in [0.5, 0.6) is 5.75 Å². The largest absolute Gasteiger partial charge is 0.481 e. The van der Waals surface area contributed by atoms with Crippen molar-refractivity contribution in [3.05, 3.63) is 29.8 Å². The third-order valence-corrected chi connectivity index (χ3v) is 3.39. The molecule has 0 amide bonds. The van der Waals surface area contributed by atoms with Gasteiger partial charge in [0.15, 0.2) is 11.7 Å². The van der Waals surface area contributed by atoms with Crippen LogP contribution in [-0.4, -0.2) is 48.3 Å². The van der Waals surface area contributed by atoms with Crippen LogP contribution < -0.4 is 15.5 Å². The molecule has 1 saturated heterocycles. The molecule has 0 radical (unpaired) electrons. The van der Waals surface area contributed by atoms with Crippen molar-refractivity contribution in [3.8, 4) is 5.75 Å². The number of benzene rings is 1. The molecule has 1 aliphatic rings. The molecule has 1 atom stereocenters. The number of rotatable bonds is 7. The summed E-state index contributed by atoms with van der Waals surface area (Å²) in [6.07, 6.45) is 3.84. The zero-order valence-corrected chi connectivity index (χ0v) is 13.3. The van der Waals surface area contributed by atoms with Crippen molar-refractivity contribution in [2.75, 3.05) is 19.8 Å². The van der Waals surface area contributed by atoms with Crippen molar-refractivity contribution >= 4 is 29.5 Å². The second kappa shape index (κ2) is 9.06. The molecular formula is C15H19N3O4S. The van der Waals surface area contributed by atoms with Crippen molar-refractivity contribution in [1.29, 1.82) is 0 Å². The van der Waals surface area contributed by atoms with Gasteiger partial charge in [0.05, 0.1) is 12.3 Å². The fourth-order valence-corrected chi connectivity index (χ4v) is 2.21. The topological polar surface area (TPSA) is 92.2 Å². The lowest BCUT2D eigenvalue weighted by atomic mass is 10.2. The minimum Gasteiger partial charge on any atom is -0.481 e. The Labute approximate surface area is 139 Å². The normalized spacial score (nSPS) is 17.1. The first-order valence-corrected chi connectivity index (χ1v) is 7.68. The van der Waals surface area contributed by atoms with Crippen LogP contribution in [0.1, 0.15) is 18.4 Å². The molecule has 1 aromatic rings. The van der Waals surface area contributed by atoms with E-state index in [-0.39, 0.29) is 6.10 Å². The summed E-state index contributed by atoms with van der Waals surface area (Å²) in [6, 6.07) is 7.02. The van der Waals surface area contributed by atoms with Gasteiger partial charge in [0.25, 0.3) is 0 Å². The SMILES string of the molecule is O=C(O)COc1ccccc1/C=N\NC(=S)NC[C@@H]1CCCO1. The molecule has 7 nitrogen and oxygen atoms in total. The number of nitrogens with zero attached hydrogens (tertiary/aromatic N) is 1. The van der Waals surface area contributed by atoms with E-state index in [0.29, 0.717) is 23.0 Å². The van der Waals surface area contributed by atoms with Gasteiger partial charge in [-0.25, -0.2) is 4.79 Å². The summed E-state index contributed by atoms with van der Waals surface area (Å²) in [4.78, 5) is 10.6. The first-order chi connectivity index (χ1) is 11.1. The quantitative estimate of drug-likeness (QED) is 0.390. The Balaban J connectivity index is 1.80. The molecule has 8 heteroatoms. The first-order valence-electron chi connectivity index (χ1n) is 7.27. The smallest absolute Gasteiger partial charge is 0.341 e. The van der Waals surface area contributed by atoms with Gasteiger partial charge in [-0.05, 0) is 37.2 Å². The molecule has 0 aromatic heterocycles. The number of para-hydroxylation sites is 1. The number of nitrogens with one attached hydrogen (secondary N) is 2. The van der Waals surface area contributed by atoms with E-state index < -0.39 is 12.6 Å². The van der Waals surface area contributed by atoms with Crippen molar-refractivity contribution in [2.45, 2.75) is 18.9 Å². The molecular weight excluding hydrogens is 318 g/mol. The number of carbonyl (C=O) groups is 1. The first kappa shape index (κ1) is 17.2. The summed E-state index contributed by atoms with van der Waals surface area (Å²) < 4.78 is 10.7. The number of thiocarbonyl (C=S) groups is 1. The Morgan fingerprint density at radius 3 is 3.09 bits per heavy atom. The highest BCUT2D eigenvalue weighted by molar-refractivity contribution is 7.80. The van der Waals surface area contributed by atoms with E-state index in [9.17, 15) is 4.79 Å². The predicted octanol–water partition coefficient (Wildman–Crippen LogP) is 1.13. The van der Waals surface area contributed by atoms with Gasteiger partial charge in [-0.15, -0.1) is 0 Å². The molecule has 0 unspecified atom stereocenters. The maximum atomic E-state index is 10.6. The van der Waals surface area contributed by atoms with Crippen LogP contribution in [0.4, 0.5) is 0 Å². The Morgan fingerprint density at radius 2 is 2.35 bits per heavy atom. The maximum absolute atomic E-state index is 10.6. The summed E-state index contributed by atoms with van der Waals surface area (Å²) in [5.74, 6) is -0.590.